The zero-order valence-corrected chi connectivity index (χ0v) is 8.45. The van der Waals surface area contributed by atoms with Crippen LogP contribution in [0.1, 0.15) is 0 Å². The molecule has 1 rings (SSSR count). The van der Waals surface area contributed by atoms with Crippen LogP contribution in [0.4, 0.5) is 0 Å². The molecule has 0 aliphatic rings. The van der Waals surface area contributed by atoms with E-state index in [-0.39, 0.29) is 6.23 Å². The van der Waals surface area contributed by atoms with Crippen molar-refractivity contribution in [3.8, 4) is 0 Å². The first-order chi connectivity index (χ1) is 5.73. The van der Waals surface area contributed by atoms with Gasteiger partial charge in [0.1, 0.15) is 0 Å². The molecule has 0 saturated heterocycles. The molecule has 0 spiro atoms. The fourth-order valence-corrected chi connectivity index (χ4v) is 2.51. The van der Waals surface area contributed by atoms with Crippen LogP contribution in [-0.4, -0.2) is 26.8 Å². The molecule has 1 aromatic carbocycles. The van der Waals surface area contributed by atoms with Gasteiger partial charge in [-0.3, -0.25) is 0 Å². The molecule has 0 aliphatic heterocycles. The van der Waals surface area contributed by atoms with Gasteiger partial charge in [-0.25, -0.2) is 0 Å². The van der Waals surface area contributed by atoms with Crippen LogP contribution in [0.25, 0.3) is 0 Å². The fourth-order valence-electron chi connectivity index (χ4n) is 1.06. The number of hydrogen-bond donors (Lipinski definition) is 1. The van der Waals surface area contributed by atoms with Crippen LogP contribution in [0.5, 0.6) is 0 Å². The lowest BCUT2D eigenvalue weighted by Gasteiger charge is -2.22. The summed E-state index contributed by atoms with van der Waals surface area (Å²) >= 11 is 0. The third-order valence-electron chi connectivity index (χ3n) is 2.14. The quantitative estimate of drug-likeness (QED) is 0.695. The number of aliphatic hydroxyl groups excluding tert-OH is 1. The van der Waals surface area contributed by atoms with Gasteiger partial charge in [-0.2, -0.15) is 0 Å². The minimum Gasteiger partial charge on any atom is -0.413 e. The summed E-state index contributed by atoms with van der Waals surface area (Å²) in [4.78, 5) is 0. The molecule has 12 heavy (non-hydrogen) atoms. The maximum Gasteiger partial charge on any atom is 0.245 e. The summed E-state index contributed by atoms with van der Waals surface area (Å²) in [7, 11) is -0.356. The van der Waals surface area contributed by atoms with E-state index in [0.717, 1.165) is 5.19 Å². The van der Waals surface area contributed by atoms with Crippen molar-refractivity contribution >= 4 is 13.5 Å². The normalized spacial score (nSPS) is 15.6. The van der Waals surface area contributed by atoms with E-state index in [9.17, 15) is 5.11 Å². The Bertz CT molecular complexity index is 232. The second-order valence-corrected chi connectivity index (χ2v) is 6.72. The van der Waals surface area contributed by atoms with Gasteiger partial charge < -0.3 is 9.53 Å². The van der Waals surface area contributed by atoms with Crippen LogP contribution >= 0.6 is 0 Å². The van der Waals surface area contributed by atoms with Crippen molar-refractivity contribution in [2.75, 3.05) is 13.3 Å². The molecular weight excluding hydrogens is 168 g/mol. The Morgan fingerprint density at radius 3 is 2.33 bits per heavy atom. The van der Waals surface area contributed by atoms with Gasteiger partial charge >= 0.3 is 0 Å². The van der Waals surface area contributed by atoms with Gasteiger partial charge in [-0.1, -0.05) is 30.3 Å². The average Bonchev–Trinajstić information content (AvgIpc) is 2.18. The number of aliphatic hydroxyl groups is 1. The van der Waals surface area contributed by atoms with Crippen LogP contribution in [0.2, 0.25) is 6.55 Å². The van der Waals surface area contributed by atoms with Gasteiger partial charge in [-0.15, -0.1) is 0 Å². The Morgan fingerprint density at radius 2 is 1.92 bits per heavy atom. The number of hydrogen-bond acceptors (Lipinski definition) is 2. The zero-order chi connectivity index (χ0) is 9.03. The van der Waals surface area contributed by atoms with E-state index in [1.807, 2.05) is 36.9 Å². The molecule has 0 bridgehead atoms. The van der Waals surface area contributed by atoms with Crippen LogP contribution in [0.15, 0.2) is 30.3 Å². The molecule has 3 heteroatoms. The highest BCUT2D eigenvalue weighted by Gasteiger charge is 2.28. The topological polar surface area (TPSA) is 29.5 Å². The largest absolute Gasteiger partial charge is 0.413 e. The zero-order valence-electron chi connectivity index (χ0n) is 7.45. The van der Waals surface area contributed by atoms with Gasteiger partial charge in [-0.05, 0) is 11.7 Å². The second kappa shape index (κ2) is 3.84. The lowest BCUT2D eigenvalue weighted by molar-refractivity contribution is 0.309. The van der Waals surface area contributed by atoms with Gasteiger partial charge in [0.05, 0.1) is 6.23 Å². The van der Waals surface area contributed by atoms with Crippen molar-refractivity contribution < 1.29 is 9.53 Å². The van der Waals surface area contributed by atoms with E-state index < -0.39 is 8.32 Å². The monoisotopic (exact) mass is 182 g/mol. The highest BCUT2D eigenvalue weighted by molar-refractivity contribution is 6.85. The van der Waals surface area contributed by atoms with Gasteiger partial charge in [0.25, 0.3) is 0 Å². The summed E-state index contributed by atoms with van der Waals surface area (Å²) in [5.74, 6) is 0. The molecule has 0 heterocycles. The summed E-state index contributed by atoms with van der Waals surface area (Å²) < 4.78 is 5.36. The fraction of sp³-hybridized carbons (Fsp3) is 0.333. The molecule has 0 aliphatic carbocycles. The van der Waals surface area contributed by atoms with Crippen molar-refractivity contribution in [3.63, 3.8) is 0 Å². The Labute approximate surface area is 73.9 Å². The molecule has 0 fully saturated rings. The molecule has 0 amide bonds. The van der Waals surface area contributed by atoms with E-state index in [4.69, 9.17) is 4.43 Å². The highest BCUT2D eigenvalue weighted by Crippen LogP contribution is 2.02. The van der Waals surface area contributed by atoms with Crippen LogP contribution in [0.3, 0.4) is 0 Å². The van der Waals surface area contributed by atoms with Crippen molar-refractivity contribution in [2.45, 2.75) is 6.55 Å². The summed E-state index contributed by atoms with van der Waals surface area (Å²) in [5.41, 5.74) is 0. The maximum absolute atomic E-state index is 9.18. The molecule has 0 aromatic heterocycles. The minimum atomic E-state index is -2.02. The molecule has 0 saturated carbocycles. The number of rotatable bonds is 3. The third kappa shape index (κ3) is 1.74. The number of benzene rings is 1. The predicted octanol–water partition coefficient (Wildman–Crippen LogP) is 0.647. The minimum absolute atomic E-state index is 0.132. The predicted molar refractivity (Wildman–Crippen MR) is 51.8 cm³/mol. The van der Waals surface area contributed by atoms with Gasteiger partial charge in [0.2, 0.25) is 8.32 Å². The van der Waals surface area contributed by atoms with Gasteiger partial charge in [0, 0.05) is 7.11 Å². The van der Waals surface area contributed by atoms with E-state index in [0.29, 0.717) is 0 Å². The van der Waals surface area contributed by atoms with Crippen molar-refractivity contribution in [3.05, 3.63) is 30.3 Å². The third-order valence-corrected chi connectivity index (χ3v) is 5.20. The summed E-state index contributed by atoms with van der Waals surface area (Å²) in [5, 5.41) is 10.3. The summed E-state index contributed by atoms with van der Waals surface area (Å²) in [6.45, 7) is 2.00. The first kappa shape index (κ1) is 9.44. The SMILES string of the molecule is CO[Si](C)(CO)c1ccccc1. The molecule has 2 nitrogen and oxygen atoms in total. The van der Waals surface area contributed by atoms with E-state index in [2.05, 4.69) is 0 Å². The highest BCUT2D eigenvalue weighted by atomic mass is 28.4. The second-order valence-electron chi connectivity index (χ2n) is 2.96. The molecule has 0 radical (unpaired) electrons. The molecule has 1 unspecified atom stereocenters. The van der Waals surface area contributed by atoms with Crippen LogP contribution < -0.4 is 5.19 Å². The van der Waals surface area contributed by atoms with Gasteiger partial charge in [0.15, 0.2) is 0 Å². The Balaban J connectivity index is 2.95. The summed E-state index contributed by atoms with van der Waals surface area (Å²) in [6.07, 6.45) is 0.132. The van der Waals surface area contributed by atoms with Crippen molar-refractivity contribution in [2.24, 2.45) is 0 Å². The Kier molecular flexibility index (Phi) is 3.03. The van der Waals surface area contributed by atoms with E-state index in [1.54, 1.807) is 7.11 Å². The molecule has 1 atom stereocenters. The first-order valence-electron chi connectivity index (χ1n) is 3.94. The molecule has 1 N–H and O–H groups in total. The maximum atomic E-state index is 9.18. The lowest BCUT2D eigenvalue weighted by atomic mass is 10.4. The standard InChI is InChI=1S/C9H14O2Si/c1-11-12(2,8-10)9-6-4-3-5-7-9/h3-7,10H,8H2,1-2H3. The van der Waals surface area contributed by atoms with Crippen molar-refractivity contribution in [1.82, 2.24) is 0 Å². The molecule has 1 aromatic rings. The lowest BCUT2D eigenvalue weighted by Crippen LogP contribution is -2.50. The van der Waals surface area contributed by atoms with E-state index in [1.165, 1.54) is 0 Å². The Morgan fingerprint density at radius 1 is 1.33 bits per heavy atom. The van der Waals surface area contributed by atoms with E-state index >= 15 is 0 Å². The Hall–Kier alpha value is -0.643. The smallest absolute Gasteiger partial charge is 0.245 e. The van der Waals surface area contributed by atoms with Crippen molar-refractivity contribution in [1.29, 1.82) is 0 Å². The average molecular weight is 182 g/mol. The first-order valence-corrected chi connectivity index (χ1v) is 6.56. The molecular formula is C9H14O2Si. The van der Waals surface area contributed by atoms with Crippen LogP contribution in [0, 0.1) is 0 Å². The summed E-state index contributed by atoms with van der Waals surface area (Å²) in [6, 6.07) is 9.91. The van der Waals surface area contributed by atoms with Crippen LogP contribution in [-0.2, 0) is 4.43 Å². The molecule has 66 valence electrons.